The van der Waals surface area contributed by atoms with Gasteiger partial charge < -0.3 is 15.4 Å². The van der Waals surface area contributed by atoms with E-state index < -0.39 is 0 Å². The molecule has 1 aromatic heterocycles. The van der Waals surface area contributed by atoms with Crippen LogP contribution < -0.4 is 10.6 Å². The fourth-order valence-electron chi connectivity index (χ4n) is 2.00. The number of amides is 1. The van der Waals surface area contributed by atoms with Crippen molar-refractivity contribution in [3.63, 3.8) is 0 Å². The van der Waals surface area contributed by atoms with Crippen LogP contribution in [0.15, 0.2) is 12.3 Å². The lowest BCUT2D eigenvalue weighted by Crippen LogP contribution is -2.35. The summed E-state index contributed by atoms with van der Waals surface area (Å²) in [7, 11) is 0. The van der Waals surface area contributed by atoms with Crippen LogP contribution in [0.5, 0.6) is 0 Å². The monoisotopic (exact) mass is 264 g/mol. The van der Waals surface area contributed by atoms with Gasteiger partial charge in [-0.1, -0.05) is 0 Å². The third-order valence-electron chi connectivity index (χ3n) is 3.04. The molecule has 0 atom stereocenters. The van der Waals surface area contributed by atoms with Crippen LogP contribution in [-0.4, -0.2) is 41.7 Å². The van der Waals surface area contributed by atoms with E-state index in [0.717, 1.165) is 31.6 Å². The molecule has 2 rings (SSSR count). The normalized spacial score (nSPS) is 16.3. The lowest BCUT2D eigenvalue weighted by atomic mass is 10.1. The Labute approximate surface area is 113 Å². The molecule has 6 heteroatoms. The number of carbonyl (C=O) groups is 1. The van der Waals surface area contributed by atoms with Gasteiger partial charge in [0.2, 0.25) is 5.91 Å². The molecule has 19 heavy (non-hydrogen) atoms. The van der Waals surface area contributed by atoms with Crippen LogP contribution in [0.25, 0.3) is 0 Å². The Kier molecular flexibility index (Phi) is 5.23. The molecular formula is C13H20N4O2. The second-order valence-electron chi connectivity index (χ2n) is 4.63. The van der Waals surface area contributed by atoms with E-state index in [0.29, 0.717) is 12.4 Å². The molecule has 1 fully saturated rings. The number of piperidine rings is 1. The molecule has 0 unspecified atom stereocenters. The smallest absolute Gasteiger partial charge is 0.246 e. The van der Waals surface area contributed by atoms with Crippen LogP contribution in [-0.2, 0) is 16.1 Å². The Morgan fingerprint density at radius 3 is 3.05 bits per heavy atom. The van der Waals surface area contributed by atoms with Crippen molar-refractivity contribution in [2.75, 3.05) is 19.7 Å². The van der Waals surface area contributed by atoms with Crippen molar-refractivity contribution < 1.29 is 9.53 Å². The molecule has 2 N–H and O–H groups in total. The standard InChI is InChI=1S/C13H20N4O2/c1-10-15-7-2-11(17-10)8-16-13(18)9-19-12-3-5-14-6-4-12/h2,7,12,14H,3-6,8-9H2,1H3,(H,16,18). The number of hydrogen-bond acceptors (Lipinski definition) is 5. The summed E-state index contributed by atoms with van der Waals surface area (Å²) in [5.74, 6) is 0.604. The van der Waals surface area contributed by atoms with Gasteiger partial charge in [0.15, 0.2) is 0 Å². The first-order valence-corrected chi connectivity index (χ1v) is 6.61. The summed E-state index contributed by atoms with van der Waals surface area (Å²) in [6.07, 6.45) is 3.83. The SMILES string of the molecule is Cc1nccc(CNC(=O)COC2CCNCC2)n1. The van der Waals surface area contributed by atoms with E-state index in [1.54, 1.807) is 12.3 Å². The summed E-state index contributed by atoms with van der Waals surface area (Å²) in [6, 6.07) is 1.79. The van der Waals surface area contributed by atoms with Crippen LogP contribution in [0.1, 0.15) is 24.4 Å². The Hall–Kier alpha value is -1.53. The Morgan fingerprint density at radius 1 is 1.53 bits per heavy atom. The van der Waals surface area contributed by atoms with E-state index >= 15 is 0 Å². The van der Waals surface area contributed by atoms with Crippen LogP contribution in [0.4, 0.5) is 0 Å². The van der Waals surface area contributed by atoms with Gasteiger partial charge in [-0.05, 0) is 38.9 Å². The van der Waals surface area contributed by atoms with Crippen LogP contribution in [0.2, 0.25) is 0 Å². The van der Waals surface area contributed by atoms with Crippen molar-refractivity contribution in [1.82, 2.24) is 20.6 Å². The zero-order chi connectivity index (χ0) is 13.5. The van der Waals surface area contributed by atoms with E-state index in [-0.39, 0.29) is 18.6 Å². The van der Waals surface area contributed by atoms with Crippen LogP contribution in [0.3, 0.4) is 0 Å². The van der Waals surface area contributed by atoms with E-state index in [1.165, 1.54) is 0 Å². The summed E-state index contributed by atoms with van der Waals surface area (Å²) >= 11 is 0. The molecule has 6 nitrogen and oxygen atoms in total. The van der Waals surface area contributed by atoms with E-state index in [2.05, 4.69) is 20.6 Å². The molecule has 0 saturated carbocycles. The molecule has 1 aromatic rings. The molecule has 0 radical (unpaired) electrons. The maximum Gasteiger partial charge on any atom is 0.246 e. The lowest BCUT2D eigenvalue weighted by Gasteiger charge is -2.22. The zero-order valence-electron chi connectivity index (χ0n) is 11.2. The third kappa shape index (κ3) is 4.92. The first kappa shape index (κ1) is 13.9. The van der Waals surface area contributed by atoms with Gasteiger partial charge in [0, 0.05) is 6.20 Å². The number of hydrogen-bond donors (Lipinski definition) is 2. The Bertz CT molecular complexity index is 419. The maximum absolute atomic E-state index is 11.6. The Morgan fingerprint density at radius 2 is 2.32 bits per heavy atom. The van der Waals surface area contributed by atoms with Crippen LogP contribution in [0, 0.1) is 6.92 Å². The molecule has 0 aromatic carbocycles. The van der Waals surface area contributed by atoms with Gasteiger partial charge in [-0.3, -0.25) is 4.79 Å². The molecule has 104 valence electrons. The lowest BCUT2D eigenvalue weighted by molar-refractivity contribution is -0.128. The molecule has 0 bridgehead atoms. The topological polar surface area (TPSA) is 76.1 Å². The quantitative estimate of drug-likeness (QED) is 0.793. The summed E-state index contributed by atoms with van der Waals surface area (Å²) in [4.78, 5) is 19.9. The average Bonchev–Trinajstić information content (AvgIpc) is 2.44. The summed E-state index contributed by atoms with van der Waals surface area (Å²) in [5, 5.41) is 6.06. The van der Waals surface area contributed by atoms with Gasteiger partial charge in [0.1, 0.15) is 12.4 Å². The van der Waals surface area contributed by atoms with E-state index in [4.69, 9.17) is 4.74 Å². The molecule has 0 spiro atoms. The first-order valence-electron chi connectivity index (χ1n) is 6.61. The highest BCUT2D eigenvalue weighted by Gasteiger charge is 2.14. The number of aromatic nitrogens is 2. The number of carbonyl (C=O) groups excluding carboxylic acids is 1. The predicted octanol–water partition coefficient (Wildman–Crippen LogP) is 0.170. The van der Waals surface area contributed by atoms with Crippen molar-refractivity contribution in [3.05, 3.63) is 23.8 Å². The summed E-state index contributed by atoms with van der Waals surface area (Å²) < 4.78 is 5.57. The molecule has 1 aliphatic heterocycles. The van der Waals surface area contributed by atoms with Gasteiger partial charge in [-0.15, -0.1) is 0 Å². The number of nitrogens with zero attached hydrogens (tertiary/aromatic N) is 2. The summed E-state index contributed by atoms with van der Waals surface area (Å²) in [5.41, 5.74) is 0.808. The molecule has 2 heterocycles. The number of ether oxygens (including phenoxy) is 1. The largest absolute Gasteiger partial charge is 0.368 e. The van der Waals surface area contributed by atoms with Crippen molar-refractivity contribution in [3.8, 4) is 0 Å². The van der Waals surface area contributed by atoms with Gasteiger partial charge >= 0.3 is 0 Å². The van der Waals surface area contributed by atoms with Crippen molar-refractivity contribution in [2.24, 2.45) is 0 Å². The highest BCUT2D eigenvalue weighted by molar-refractivity contribution is 5.77. The fourth-order valence-corrected chi connectivity index (χ4v) is 2.00. The van der Waals surface area contributed by atoms with Crippen molar-refractivity contribution >= 4 is 5.91 Å². The second-order valence-corrected chi connectivity index (χ2v) is 4.63. The average molecular weight is 264 g/mol. The van der Waals surface area contributed by atoms with Gasteiger partial charge in [0.25, 0.3) is 0 Å². The number of nitrogens with one attached hydrogen (secondary N) is 2. The number of aryl methyl sites for hydroxylation is 1. The van der Waals surface area contributed by atoms with Gasteiger partial charge in [-0.25, -0.2) is 9.97 Å². The van der Waals surface area contributed by atoms with Crippen LogP contribution >= 0.6 is 0 Å². The highest BCUT2D eigenvalue weighted by atomic mass is 16.5. The van der Waals surface area contributed by atoms with E-state index in [1.807, 2.05) is 6.92 Å². The van der Waals surface area contributed by atoms with Gasteiger partial charge in [0.05, 0.1) is 18.3 Å². The first-order chi connectivity index (χ1) is 9.24. The molecule has 0 aliphatic carbocycles. The second kappa shape index (κ2) is 7.16. The van der Waals surface area contributed by atoms with Crippen molar-refractivity contribution in [2.45, 2.75) is 32.4 Å². The highest BCUT2D eigenvalue weighted by Crippen LogP contribution is 2.06. The van der Waals surface area contributed by atoms with Crippen molar-refractivity contribution in [1.29, 1.82) is 0 Å². The van der Waals surface area contributed by atoms with Gasteiger partial charge in [-0.2, -0.15) is 0 Å². The summed E-state index contributed by atoms with van der Waals surface area (Å²) in [6.45, 7) is 4.29. The Balaban J connectivity index is 1.66. The zero-order valence-corrected chi connectivity index (χ0v) is 11.2. The number of rotatable bonds is 5. The maximum atomic E-state index is 11.6. The van der Waals surface area contributed by atoms with E-state index in [9.17, 15) is 4.79 Å². The molecule has 1 saturated heterocycles. The molecular weight excluding hydrogens is 244 g/mol. The minimum absolute atomic E-state index is 0.102. The fraction of sp³-hybridized carbons (Fsp3) is 0.615. The minimum Gasteiger partial charge on any atom is -0.368 e. The molecule has 1 amide bonds. The third-order valence-corrected chi connectivity index (χ3v) is 3.04. The predicted molar refractivity (Wildman–Crippen MR) is 70.5 cm³/mol. The molecule has 1 aliphatic rings. The minimum atomic E-state index is -0.102.